The van der Waals surface area contributed by atoms with Crippen molar-refractivity contribution in [1.29, 1.82) is 0 Å². The minimum absolute atomic E-state index is 0.180. The number of carbonyl (C=O) groups is 1. The van der Waals surface area contributed by atoms with Gasteiger partial charge in [-0.3, -0.25) is 4.79 Å². The molecule has 4 nitrogen and oxygen atoms in total. The lowest BCUT2D eigenvalue weighted by Crippen LogP contribution is -2.43. The van der Waals surface area contributed by atoms with Crippen LogP contribution in [0.5, 0.6) is 0 Å². The lowest BCUT2D eigenvalue weighted by molar-refractivity contribution is -0.131. The first-order valence-electron chi connectivity index (χ1n) is 7.44. The molecule has 0 radical (unpaired) electrons. The van der Waals surface area contributed by atoms with Crippen LogP contribution in [0.15, 0.2) is 24.3 Å². The topological polar surface area (TPSA) is 48.1 Å². The molecule has 0 spiro atoms. The van der Waals surface area contributed by atoms with Crippen molar-refractivity contribution in [3.8, 4) is 0 Å². The molecule has 2 N–H and O–H groups in total. The third-order valence-corrected chi connectivity index (χ3v) is 4.52. The SMILES string of the molecule is CC(NCc1[nH]c2ccccc2c1Cl)C(=O)N1CCCC1. The summed E-state index contributed by atoms with van der Waals surface area (Å²) in [7, 11) is 0. The highest BCUT2D eigenvalue weighted by Crippen LogP contribution is 2.27. The van der Waals surface area contributed by atoms with Crippen molar-refractivity contribution in [2.75, 3.05) is 13.1 Å². The van der Waals surface area contributed by atoms with Gasteiger partial charge < -0.3 is 15.2 Å². The molecule has 1 fully saturated rings. The second-order valence-electron chi connectivity index (χ2n) is 5.60. The van der Waals surface area contributed by atoms with Gasteiger partial charge in [-0.2, -0.15) is 0 Å². The number of amides is 1. The Morgan fingerprint density at radius 3 is 2.81 bits per heavy atom. The molecule has 1 saturated heterocycles. The highest BCUT2D eigenvalue weighted by molar-refractivity contribution is 6.36. The zero-order valence-electron chi connectivity index (χ0n) is 12.2. The van der Waals surface area contributed by atoms with E-state index in [2.05, 4.69) is 10.3 Å². The van der Waals surface area contributed by atoms with Gasteiger partial charge in [-0.05, 0) is 25.8 Å². The van der Waals surface area contributed by atoms with E-state index in [0.29, 0.717) is 6.54 Å². The fourth-order valence-corrected chi connectivity index (χ4v) is 3.12. The van der Waals surface area contributed by atoms with Crippen LogP contribution in [0, 0.1) is 0 Å². The second kappa shape index (κ2) is 6.08. The van der Waals surface area contributed by atoms with Crippen molar-refractivity contribution in [2.45, 2.75) is 32.4 Å². The fourth-order valence-electron chi connectivity index (χ4n) is 2.84. The van der Waals surface area contributed by atoms with E-state index in [-0.39, 0.29) is 11.9 Å². The molecule has 5 heteroatoms. The zero-order valence-corrected chi connectivity index (χ0v) is 12.9. The summed E-state index contributed by atoms with van der Waals surface area (Å²) in [5, 5.41) is 5.03. The van der Waals surface area contributed by atoms with Gasteiger partial charge in [0.05, 0.1) is 11.1 Å². The summed E-state index contributed by atoms with van der Waals surface area (Å²) < 4.78 is 0. The van der Waals surface area contributed by atoms with Crippen molar-refractivity contribution in [2.24, 2.45) is 0 Å². The third kappa shape index (κ3) is 2.92. The van der Waals surface area contributed by atoms with Crippen LogP contribution in [-0.2, 0) is 11.3 Å². The normalized spacial score (nSPS) is 16.6. The zero-order chi connectivity index (χ0) is 14.8. The Labute approximate surface area is 129 Å². The Morgan fingerprint density at radius 1 is 1.38 bits per heavy atom. The average Bonchev–Trinajstić information content (AvgIpc) is 3.13. The van der Waals surface area contributed by atoms with Crippen molar-refractivity contribution in [3.63, 3.8) is 0 Å². The molecule has 0 aliphatic carbocycles. The first-order chi connectivity index (χ1) is 10.2. The van der Waals surface area contributed by atoms with Crippen LogP contribution in [0.25, 0.3) is 10.9 Å². The van der Waals surface area contributed by atoms with E-state index < -0.39 is 0 Å². The van der Waals surface area contributed by atoms with Crippen molar-refractivity contribution < 1.29 is 4.79 Å². The summed E-state index contributed by atoms with van der Waals surface area (Å²) in [6.07, 6.45) is 2.23. The van der Waals surface area contributed by atoms with E-state index in [0.717, 1.165) is 47.6 Å². The summed E-state index contributed by atoms with van der Waals surface area (Å²) in [6, 6.07) is 7.76. The van der Waals surface area contributed by atoms with E-state index in [9.17, 15) is 4.79 Å². The number of nitrogens with zero attached hydrogens (tertiary/aromatic N) is 1. The number of aromatic nitrogens is 1. The van der Waals surface area contributed by atoms with Gasteiger partial charge >= 0.3 is 0 Å². The highest BCUT2D eigenvalue weighted by Gasteiger charge is 2.23. The first-order valence-corrected chi connectivity index (χ1v) is 7.82. The minimum Gasteiger partial charge on any atom is -0.356 e. The monoisotopic (exact) mass is 305 g/mol. The van der Waals surface area contributed by atoms with Crippen molar-refractivity contribution in [3.05, 3.63) is 35.0 Å². The standard InChI is InChI=1S/C16H20ClN3O/c1-11(16(21)20-8-4-5-9-20)18-10-14-15(17)12-6-2-3-7-13(12)19-14/h2-3,6-7,11,18-19H,4-5,8-10H2,1H3. The first kappa shape index (κ1) is 14.4. The summed E-state index contributed by atoms with van der Waals surface area (Å²) in [5.41, 5.74) is 1.96. The van der Waals surface area contributed by atoms with E-state index in [1.165, 1.54) is 0 Å². The molecule has 1 atom stereocenters. The van der Waals surface area contributed by atoms with E-state index in [1.807, 2.05) is 36.1 Å². The smallest absolute Gasteiger partial charge is 0.239 e. The van der Waals surface area contributed by atoms with Gasteiger partial charge in [0.25, 0.3) is 0 Å². The Bertz CT molecular complexity index is 646. The molecular weight excluding hydrogens is 286 g/mol. The van der Waals surface area contributed by atoms with Crippen LogP contribution in [0.2, 0.25) is 5.02 Å². The number of halogens is 1. The molecule has 1 aromatic heterocycles. The van der Waals surface area contributed by atoms with Crippen LogP contribution in [0.3, 0.4) is 0 Å². The van der Waals surface area contributed by atoms with Crippen LogP contribution >= 0.6 is 11.6 Å². The number of benzene rings is 1. The predicted octanol–water partition coefficient (Wildman–Crippen LogP) is 2.92. The van der Waals surface area contributed by atoms with Crippen LogP contribution < -0.4 is 5.32 Å². The maximum Gasteiger partial charge on any atom is 0.239 e. The molecule has 0 saturated carbocycles. The summed E-state index contributed by atoms with van der Waals surface area (Å²) in [4.78, 5) is 17.5. The van der Waals surface area contributed by atoms with Crippen molar-refractivity contribution >= 4 is 28.4 Å². The summed E-state index contributed by atoms with van der Waals surface area (Å²) >= 11 is 6.38. The molecule has 2 aromatic rings. The van der Waals surface area contributed by atoms with Crippen LogP contribution in [0.1, 0.15) is 25.5 Å². The predicted molar refractivity (Wildman–Crippen MR) is 85.4 cm³/mol. The average molecular weight is 306 g/mol. The third-order valence-electron chi connectivity index (χ3n) is 4.09. The summed E-state index contributed by atoms with van der Waals surface area (Å²) in [5.74, 6) is 0.180. The molecule has 0 bridgehead atoms. The molecule has 3 rings (SSSR count). The maximum absolute atomic E-state index is 12.2. The Morgan fingerprint density at radius 2 is 2.10 bits per heavy atom. The van der Waals surface area contributed by atoms with Crippen molar-refractivity contribution in [1.82, 2.24) is 15.2 Å². The molecule has 2 heterocycles. The number of fused-ring (bicyclic) bond motifs is 1. The number of H-pyrrole nitrogens is 1. The number of para-hydroxylation sites is 1. The Balaban J connectivity index is 1.65. The van der Waals surface area contributed by atoms with Gasteiger partial charge in [0, 0.05) is 36.2 Å². The molecule has 1 aliphatic heterocycles. The van der Waals surface area contributed by atoms with Gasteiger partial charge in [0.15, 0.2) is 0 Å². The second-order valence-corrected chi connectivity index (χ2v) is 5.98. The summed E-state index contributed by atoms with van der Waals surface area (Å²) in [6.45, 7) is 4.25. The number of likely N-dealkylation sites (tertiary alicyclic amines) is 1. The maximum atomic E-state index is 12.2. The number of rotatable bonds is 4. The molecule has 1 aliphatic rings. The van der Waals surface area contributed by atoms with E-state index in [1.54, 1.807) is 0 Å². The number of hydrogen-bond acceptors (Lipinski definition) is 2. The van der Waals surface area contributed by atoms with Crippen LogP contribution in [-0.4, -0.2) is 34.9 Å². The van der Waals surface area contributed by atoms with Gasteiger partial charge in [-0.1, -0.05) is 29.8 Å². The van der Waals surface area contributed by atoms with E-state index >= 15 is 0 Å². The molecule has 1 amide bonds. The van der Waals surface area contributed by atoms with E-state index in [4.69, 9.17) is 11.6 Å². The highest BCUT2D eigenvalue weighted by atomic mass is 35.5. The van der Waals surface area contributed by atoms with Gasteiger partial charge in [0.2, 0.25) is 5.91 Å². The lowest BCUT2D eigenvalue weighted by Gasteiger charge is -2.21. The Kier molecular flexibility index (Phi) is 4.17. The number of nitrogens with one attached hydrogen (secondary N) is 2. The fraction of sp³-hybridized carbons (Fsp3) is 0.438. The minimum atomic E-state index is -0.189. The number of aromatic amines is 1. The largest absolute Gasteiger partial charge is 0.356 e. The van der Waals surface area contributed by atoms with Gasteiger partial charge in [-0.25, -0.2) is 0 Å². The molecule has 21 heavy (non-hydrogen) atoms. The lowest BCUT2D eigenvalue weighted by atomic mass is 10.2. The Hall–Kier alpha value is -1.52. The molecular formula is C16H20ClN3O. The quantitative estimate of drug-likeness (QED) is 0.912. The number of carbonyl (C=O) groups excluding carboxylic acids is 1. The molecule has 1 unspecified atom stereocenters. The molecule has 1 aromatic carbocycles. The van der Waals surface area contributed by atoms with Gasteiger partial charge in [-0.15, -0.1) is 0 Å². The number of hydrogen-bond donors (Lipinski definition) is 2. The molecule has 112 valence electrons. The van der Waals surface area contributed by atoms with Crippen LogP contribution in [0.4, 0.5) is 0 Å². The van der Waals surface area contributed by atoms with Gasteiger partial charge in [0.1, 0.15) is 0 Å².